The first-order valence-corrected chi connectivity index (χ1v) is 6.74. The first-order valence-electron chi connectivity index (χ1n) is 6.74. The lowest BCUT2D eigenvalue weighted by molar-refractivity contribution is 0.440. The second-order valence-corrected chi connectivity index (χ2v) is 4.78. The SMILES string of the molecule is CNC(C)c1ccc(Oc2ccc(CC#N)cc2)c(F)c1. The molecule has 1 atom stereocenters. The summed E-state index contributed by atoms with van der Waals surface area (Å²) in [4.78, 5) is 0. The summed E-state index contributed by atoms with van der Waals surface area (Å²) in [6, 6.07) is 14.2. The minimum atomic E-state index is -0.393. The van der Waals surface area contributed by atoms with Gasteiger partial charge in [0.05, 0.1) is 12.5 Å². The van der Waals surface area contributed by atoms with E-state index in [0.29, 0.717) is 12.2 Å². The van der Waals surface area contributed by atoms with Crippen molar-refractivity contribution in [2.45, 2.75) is 19.4 Å². The number of halogens is 1. The molecular weight excluding hydrogens is 267 g/mol. The summed E-state index contributed by atoms with van der Waals surface area (Å²) in [6.07, 6.45) is 0.352. The summed E-state index contributed by atoms with van der Waals surface area (Å²) in [5.41, 5.74) is 1.77. The third-order valence-corrected chi connectivity index (χ3v) is 3.32. The van der Waals surface area contributed by atoms with E-state index in [1.165, 1.54) is 6.07 Å². The quantitative estimate of drug-likeness (QED) is 0.903. The molecule has 0 aliphatic rings. The van der Waals surface area contributed by atoms with Crippen LogP contribution >= 0.6 is 0 Å². The van der Waals surface area contributed by atoms with Gasteiger partial charge in [0, 0.05) is 6.04 Å². The second-order valence-electron chi connectivity index (χ2n) is 4.78. The van der Waals surface area contributed by atoms with Crippen molar-refractivity contribution in [3.8, 4) is 17.6 Å². The van der Waals surface area contributed by atoms with Gasteiger partial charge in [0.1, 0.15) is 5.75 Å². The zero-order chi connectivity index (χ0) is 15.2. The highest BCUT2D eigenvalue weighted by Crippen LogP contribution is 2.27. The lowest BCUT2D eigenvalue weighted by Crippen LogP contribution is -2.12. The highest BCUT2D eigenvalue weighted by Gasteiger charge is 2.09. The van der Waals surface area contributed by atoms with Crippen LogP contribution in [0, 0.1) is 17.1 Å². The molecule has 0 spiro atoms. The zero-order valence-electron chi connectivity index (χ0n) is 12.1. The smallest absolute Gasteiger partial charge is 0.166 e. The van der Waals surface area contributed by atoms with Crippen LogP contribution in [0.25, 0.3) is 0 Å². The average Bonchev–Trinajstić information content (AvgIpc) is 2.50. The normalized spacial score (nSPS) is 11.7. The fraction of sp³-hybridized carbons (Fsp3) is 0.235. The maximum atomic E-state index is 14.0. The van der Waals surface area contributed by atoms with Crippen molar-refractivity contribution >= 4 is 0 Å². The Labute approximate surface area is 124 Å². The molecule has 2 rings (SSSR count). The van der Waals surface area contributed by atoms with Crippen molar-refractivity contribution in [2.75, 3.05) is 7.05 Å². The Hall–Kier alpha value is -2.38. The molecule has 0 radical (unpaired) electrons. The van der Waals surface area contributed by atoms with E-state index in [1.807, 2.05) is 20.0 Å². The number of ether oxygens (including phenoxy) is 1. The number of nitriles is 1. The van der Waals surface area contributed by atoms with Gasteiger partial charge in [-0.25, -0.2) is 4.39 Å². The Morgan fingerprint density at radius 2 is 1.95 bits per heavy atom. The summed E-state index contributed by atoms with van der Waals surface area (Å²) in [5.74, 6) is 0.343. The second kappa shape index (κ2) is 6.87. The van der Waals surface area contributed by atoms with Crippen molar-refractivity contribution < 1.29 is 9.13 Å². The van der Waals surface area contributed by atoms with Crippen LogP contribution in [0.15, 0.2) is 42.5 Å². The summed E-state index contributed by atoms with van der Waals surface area (Å²) in [6.45, 7) is 1.96. The first kappa shape index (κ1) is 15.0. The van der Waals surface area contributed by atoms with Gasteiger partial charge in [-0.1, -0.05) is 18.2 Å². The Balaban J connectivity index is 2.14. The number of hydrogen-bond donors (Lipinski definition) is 1. The summed E-state index contributed by atoms with van der Waals surface area (Å²) < 4.78 is 19.6. The molecule has 0 aliphatic carbocycles. The summed E-state index contributed by atoms with van der Waals surface area (Å²) in [7, 11) is 1.83. The minimum Gasteiger partial charge on any atom is -0.454 e. The molecule has 1 unspecified atom stereocenters. The lowest BCUT2D eigenvalue weighted by Gasteiger charge is -2.13. The Morgan fingerprint density at radius 1 is 1.24 bits per heavy atom. The molecule has 108 valence electrons. The lowest BCUT2D eigenvalue weighted by atomic mass is 10.1. The molecule has 3 nitrogen and oxygen atoms in total. The first-order chi connectivity index (χ1) is 10.1. The highest BCUT2D eigenvalue weighted by molar-refractivity contribution is 5.36. The molecule has 0 aliphatic heterocycles. The topological polar surface area (TPSA) is 45.0 Å². The molecule has 21 heavy (non-hydrogen) atoms. The molecule has 2 aromatic carbocycles. The van der Waals surface area contributed by atoms with E-state index in [1.54, 1.807) is 30.3 Å². The summed E-state index contributed by atoms with van der Waals surface area (Å²) in [5, 5.41) is 11.7. The maximum Gasteiger partial charge on any atom is 0.166 e. The zero-order valence-corrected chi connectivity index (χ0v) is 12.1. The van der Waals surface area contributed by atoms with Crippen LogP contribution in [-0.2, 0) is 6.42 Å². The Morgan fingerprint density at radius 3 is 2.52 bits per heavy atom. The van der Waals surface area contributed by atoms with Crippen molar-refractivity contribution in [3.63, 3.8) is 0 Å². The van der Waals surface area contributed by atoms with Crippen LogP contribution in [0.1, 0.15) is 24.1 Å². The molecule has 0 fully saturated rings. The van der Waals surface area contributed by atoms with Gasteiger partial charge in [-0.3, -0.25) is 0 Å². The van der Waals surface area contributed by atoms with Crippen LogP contribution in [0.4, 0.5) is 4.39 Å². The van der Waals surface area contributed by atoms with Crippen LogP contribution < -0.4 is 10.1 Å². The van der Waals surface area contributed by atoms with Crippen molar-refractivity contribution in [3.05, 3.63) is 59.4 Å². The third-order valence-electron chi connectivity index (χ3n) is 3.32. The van der Waals surface area contributed by atoms with Crippen LogP contribution in [0.2, 0.25) is 0 Å². The molecule has 4 heteroatoms. The molecule has 0 bridgehead atoms. The Bertz CT molecular complexity index is 647. The molecule has 0 aromatic heterocycles. The Kier molecular flexibility index (Phi) is 4.91. The van der Waals surface area contributed by atoms with E-state index in [4.69, 9.17) is 10.00 Å². The molecule has 0 saturated carbocycles. The van der Waals surface area contributed by atoms with Gasteiger partial charge in [-0.05, 0) is 49.4 Å². The molecule has 0 saturated heterocycles. The monoisotopic (exact) mass is 284 g/mol. The van der Waals surface area contributed by atoms with E-state index < -0.39 is 5.82 Å². The van der Waals surface area contributed by atoms with E-state index in [9.17, 15) is 4.39 Å². The third kappa shape index (κ3) is 3.80. The van der Waals surface area contributed by atoms with E-state index in [0.717, 1.165) is 11.1 Å². The molecule has 0 amide bonds. The molecule has 2 aromatic rings. The maximum absolute atomic E-state index is 14.0. The number of rotatable bonds is 5. The van der Waals surface area contributed by atoms with E-state index >= 15 is 0 Å². The number of nitrogens with one attached hydrogen (secondary N) is 1. The highest BCUT2D eigenvalue weighted by atomic mass is 19.1. The predicted octanol–water partition coefficient (Wildman–Crippen LogP) is 3.96. The van der Waals surface area contributed by atoms with Gasteiger partial charge in [0.2, 0.25) is 0 Å². The van der Waals surface area contributed by atoms with Crippen LogP contribution in [0.5, 0.6) is 11.5 Å². The average molecular weight is 284 g/mol. The van der Waals surface area contributed by atoms with Gasteiger partial charge in [0.25, 0.3) is 0 Å². The van der Waals surface area contributed by atoms with E-state index in [2.05, 4.69) is 11.4 Å². The van der Waals surface area contributed by atoms with Gasteiger partial charge < -0.3 is 10.1 Å². The molecule has 0 heterocycles. The fourth-order valence-electron chi connectivity index (χ4n) is 1.93. The number of nitrogens with zero attached hydrogens (tertiary/aromatic N) is 1. The van der Waals surface area contributed by atoms with Crippen LogP contribution in [0.3, 0.4) is 0 Å². The fourth-order valence-corrected chi connectivity index (χ4v) is 1.93. The van der Waals surface area contributed by atoms with Gasteiger partial charge >= 0.3 is 0 Å². The minimum absolute atomic E-state index is 0.0822. The molecule has 1 N–H and O–H groups in total. The summed E-state index contributed by atoms with van der Waals surface area (Å²) >= 11 is 0. The van der Waals surface area contributed by atoms with Crippen molar-refractivity contribution in [2.24, 2.45) is 0 Å². The number of benzene rings is 2. The van der Waals surface area contributed by atoms with Gasteiger partial charge in [-0.15, -0.1) is 0 Å². The van der Waals surface area contributed by atoms with Gasteiger partial charge in [0.15, 0.2) is 11.6 Å². The predicted molar refractivity (Wildman–Crippen MR) is 79.7 cm³/mol. The van der Waals surface area contributed by atoms with Gasteiger partial charge in [-0.2, -0.15) is 5.26 Å². The van der Waals surface area contributed by atoms with Crippen LogP contribution in [-0.4, -0.2) is 7.05 Å². The number of hydrogen-bond acceptors (Lipinski definition) is 3. The largest absolute Gasteiger partial charge is 0.454 e. The van der Waals surface area contributed by atoms with Crippen molar-refractivity contribution in [1.29, 1.82) is 5.26 Å². The van der Waals surface area contributed by atoms with Crippen molar-refractivity contribution in [1.82, 2.24) is 5.32 Å². The molecular formula is C17H17FN2O. The van der Waals surface area contributed by atoms with E-state index in [-0.39, 0.29) is 11.8 Å². The standard InChI is InChI=1S/C17H17FN2O/c1-12(20-2)14-5-8-17(16(18)11-14)21-15-6-3-13(4-7-15)9-10-19/h3-8,11-12,20H,9H2,1-2H3.